The Morgan fingerprint density at radius 3 is 2.57 bits per heavy atom. The number of aromatic nitrogens is 4. The molecule has 116 valence electrons. The third kappa shape index (κ3) is 2.52. The van der Waals surface area contributed by atoms with E-state index in [9.17, 15) is 0 Å². The van der Waals surface area contributed by atoms with Gasteiger partial charge in [0, 0.05) is 0 Å². The number of nitrogens with zero attached hydrogens (tertiary/aromatic N) is 4. The quantitative estimate of drug-likeness (QED) is 0.806. The van der Waals surface area contributed by atoms with Gasteiger partial charge in [-0.2, -0.15) is 0 Å². The third-order valence-electron chi connectivity index (χ3n) is 4.25. The third-order valence-corrected chi connectivity index (χ3v) is 4.25. The molecule has 0 saturated heterocycles. The molecule has 4 rings (SSSR count). The second-order valence-corrected chi connectivity index (χ2v) is 5.58. The zero-order valence-corrected chi connectivity index (χ0v) is 12.8. The zero-order chi connectivity index (χ0) is 15.6. The predicted molar refractivity (Wildman–Crippen MR) is 86.4 cm³/mol. The lowest BCUT2D eigenvalue weighted by Crippen LogP contribution is -2.28. The highest BCUT2D eigenvalue weighted by Crippen LogP contribution is 2.37. The molecule has 23 heavy (non-hydrogen) atoms. The summed E-state index contributed by atoms with van der Waals surface area (Å²) >= 11 is 0. The molecule has 0 bridgehead atoms. The Kier molecular flexibility index (Phi) is 3.42. The molecule has 0 spiro atoms. The number of fused-ring (bicyclic) bond motifs is 1. The van der Waals surface area contributed by atoms with Crippen LogP contribution in [0.2, 0.25) is 0 Å². The largest absolute Gasteiger partial charge is 0.497 e. The number of nitrogens with one attached hydrogen (secondary N) is 1. The second-order valence-electron chi connectivity index (χ2n) is 5.58. The molecule has 1 aliphatic heterocycles. The first kappa shape index (κ1) is 13.8. The van der Waals surface area contributed by atoms with Crippen molar-refractivity contribution in [3.05, 3.63) is 65.7 Å². The summed E-state index contributed by atoms with van der Waals surface area (Å²) in [5.74, 6) is 1.56. The van der Waals surface area contributed by atoms with E-state index in [4.69, 9.17) is 4.74 Å². The monoisotopic (exact) mass is 307 g/mol. The molecule has 6 nitrogen and oxygen atoms in total. The smallest absolute Gasteiger partial charge is 0.243 e. The average molecular weight is 307 g/mol. The first-order valence-electron chi connectivity index (χ1n) is 7.58. The van der Waals surface area contributed by atoms with Crippen molar-refractivity contribution in [3.8, 4) is 5.75 Å². The van der Waals surface area contributed by atoms with Gasteiger partial charge in [0.2, 0.25) is 5.95 Å². The van der Waals surface area contributed by atoms with Crippen molar-refractivity contribution in [1.82, 2.24) is 20.2 Å². The summed E-state index contributed by atoms with van der Waals surface area (Å²) in [6, 6.07) is 18.7. The van der Waals surface area contributed by atoms with Crippen LogP contribution in [-0.2, 0) is 0 Å². The van der Waals surface area contributed by atoms with Crippen molar-refractivity contribution in [1.29, 1.82) is 0 Å². The van der Waals surface area contributed by atoms with Gasteiger partial charge in [-0.15, -0.1) is 0 Å². The molecule has 0 unspecified atom stereocenters. The molecule has 0 radical (unpaired) electrons. The lowest BCUT2D eigenvalue weighted by molar-refractivity contribution is 0.412. The highest BCUT2D eigenvalue weighted by atomic mass is 16.5. The van der Waals surface area contributed by atoms with Crippen molar-refractivity contribution in [3.63, 3.8) is 0 Å². The van der Waals surface area contributed by atoms with Crippen LogP contribution in [0.5, 0.6) is 5.75 Å². The van der Waals surface area contributed by atoms with E-state index >= 15 is 0 Å². The predicted octanol–water partition coefficient (Wildman–Crippen LogP) is 2.83. The van der Waals surface area contributed by atoms with Gasteiger partial charge in [-0.3, -0.25) is 0 Å². The molecule has 3 aromatic rings. The fourth-order valence-electron chi connectivity index (χ4n) is 3.04. The number of ether oxygens (including phenoxy) is 1. The van der Waals surface area contributed by atoms with Crippen LogP contribution < -0.4 is 10.1 Å². The van der Waals surface area contributed by atoms with Crippen molar-refractivity contribution in [2.24, 2.45) is 0 Å². The van der Waals surface area contributed by atoms with Crippen molar-refractivity contribution in [2.75, 3.05) is 12.4 Å². The lowest BCUT2D eigenvalue weighted by atomic mass is 9.93. The molecule has 6 heteroatoms. The van der Waals surface area contributed by atoms with E-state index < -0.39 is 0 Å². The standard InChI is InChI=1S/C17H17N5O/c1-23-14-9-7-12(8-10-14)15-11-16(13-5-3-2-4-6-13)22-17(18-15)19-20-21-22/h2-10,15-16H,11H2,1H3,(H,18,19,21)/t15-,16+/m0/s1. The first-order chi connectivity index (χ1) is 11.3. The molecular formula is C17H17N5O. The van der Waals surface area contributed by atoms with Crippen LogP contribution in [0.1, 0.15) is 29.6 Å². The Morgan fingerprint density at radius 2 is 1.83 bits per heavy atom. The number of rotatable bonds is 3. The SMILES string of the molecule is COc1ccc([C@@H]2C[C@H](c3ccccc3)n3nnnc3N2)cc1. The Hall–Kier alpha value is -2.89. The summed E-state index contributed by atoms with van der Waals surface area (Å²) in [5, 5.41) is 15.5. The summed E-state index contributed by atoms with van der Waals surface area (Å²) in [7, 11) is 1.67. The lowest BCUT2D eigenvalue weighted by Gasteiger charge is -2.31. The van der Waals surface area contributed by atoms with Gasteiger partial charge in [0.25, 0.3) is 0 Å². The van der Waals surface area contributed by atoms with Gasteiger partial charge >= 0.3 is 0 Å². The van der Waals surface area contributed by atoms with Gasteiger partial charge in [-0.25, -0.2) is 4.68 Å². The van der Waals surface area contributed by atoms with Crippen LogP contribution in [0.3, 0.4) is 0 Å². The molecule has 2 aromatic carbocycles. The Balaban J connectivity index is 1.69. The molecule has 0 saturated carbocycles. The van der Waals surface area contributed by atoms with E-state index in [1.165, 1.54) is 11.1 Å². The number of benzene rings is 2. The zero-order valence-electron chi connectivity index (χ0n) is 12.8. The van der Waals surface area contributed by atoms with E-state index in [1.54, 1.807) is 7.11 Å². The van der Waals surface area contributed by atoms with Crippen molar-refractivity contribution >= 4 is 5.95 Å². The van der Waals surface area contributed by atoms with Gasteiger partial charge in [-0.1, -0.05) is 47.6 Å². The van der Waals surface area contributed by atoms with Gasteiger partial charge in [0.1, 0.15) is 5.75 Å². The van der Waals surface area contributed by atoms with Crippen LogP contribution in [0, 0.1) is 0 Å². The number of tetrazole rings is 1. The molecule has 2 heterocycles. The van der Waals surface area contributed by atoms with Crippen molar-refractivity contribution < 1.29 is 4.74 Å². The summed E-state index contributed by atoms with van der Waals surface area (Å²) in [4.78, 5) is 0. The number of hydrogen-bond donors (Lipinski definition) is 1. The van der Waals surface area contributed by atoms with Gasteiger partial charge < -0.3 is 10.1 Å². The van der Waals surface area contributed by atoms with E-state index in [0.29, 0.717) is 5.95 Å². The minimum Gasteiger partial charge on any atom is -0.497 e. The fraction of sp³-hybridized carbons (Fsp3) is 0.235. The van der Waals surface area contributed by atoms with Crippen LogP contribution in [0.25, 0.3) is 0 Å². The minimum atomic E-state index is 0.120. The van der Waals surface area contributed by atoms with Crippen LogP contribution in [-0.4, -0.2) is 27.3 Å². The van der Waals surface area contributed by atoms with E-state index in [-0.39, 0.29) is 12.1 Å². The maximum Gasteiger partial charge on any atom is 0.243 e. The van der Waals surface area contributed by atoms with E-state index in [0.717, 1.165) is 12.2 Å². The molecule has 1 aliphatic rings. The summed E-state index contributed by atoms with van der Waals surface area (Å²) in [5.41, 5.74) is 2.40. The van der Waals surface area contributed by atoms with Crippen LogP contribution >= 0.6 is 0 Å². The molecule has 1 aromatic heterocycles. The van der Waals surface area contributed by atoms with Crippen LogP contribution in [0.4, 0.5) is 5.95 Å². The molecule has 0 fully saturated rings. The maximum absolute atomic E-state index is 5.23. The molecular weight excluding hydrogens is 290 g/mol. The van der Waals surface area contributed by atoms with Gasteiger partial charge in [0.15, 0.2) is 0 Å². The van der Waals surface area contributed by atoms with Gasteiger partial charge in [-0.05, 0) is 40.1 Å². The molecule has 0 aliphatic carbocycles. The second kappa shape index (κ2) is 5.72. The topological polar surface area (TPSA) is 64.9 Å². The van der Waals surface area contributed by atoms with Crippen LogP contribution in [0.15, 0.2) is 54.6 Å². The van der Waals surface area contributed by atoms with E-state index in [1.807, 2.05) is 35.0 Å². The van der Waals surface area contributed by atoms with Crippen molar-refractivity contribution in [2.45, 2.75) is 18.5 Å². The van der Waals surface area contributed by atoms with Gasteiger partial charge in [0.05, 0.1) is 19.2 Å². The fourth-order valence-corrected chi connectivity index (χ4v) is 3.04. The molecule has 0 amide bonds. The Morgan fingerprint density at radius 1 is 1.04 bits per heavy atom. The Labute approximate surface area is 134 Å². The highest BCUT2D eigenvalue weighted by Gasteiger charge is 2.30. The highest BCUT2D eigenvalue weighted by molar-refractivity contribution is 5.39. The average Bonchev–Trinajstić information content (AvgIpc) is 3.10. The summed E-state index contributed by atoms with van der Waals surface area (Å²) < 4.78 is 7.09. The first-order valence-corrected chi connectivity index (χ1v) is 7.58. The number of methoxy groups -OCH3 is 1. The van der Waals surface area contributed by atoms with E-state index in [2.05, 4.69) is 45.1 Å². The minimum absolute atomic E-state index is 0.120. The summed E-state index contributed by atoms with van der Waals surface area (Å²) in [6.45, 7) is 0. The summed E-state index contributed by atoms with van der Waals surface area (Å²) in [6.07, 6.45) is 0.883. The Bertz CT molecular complexity index is 784. The molecule has 1 N–H and O–H groups in total. The number of hydrogen-bond acceptors (Lipinski definition) is 5. The normalized spacial score (nSPS) is 19.7. The number of anilines is 1. The maximum atomic E-state index is 5.23. The molecule has 2 atom stereocenters.